The molecule has 1 aliphatic carbocycles. The van der Waals surface area contributed by atoms with Gasteiger partial charge in [0.25, 0.3) is 0 Å². The molecule has 0 saturated heterocycles. The summed E-state index contributed by atoms with van der Waals surface area (Å²) in [7, 11) is 0. The van der Waals surface area contributed by atoms with Gasteiger partial charge in [-0.15, -0.1) is 0 Å². The summed E-state index contributed by atoms with van der Waals surface area (Å²) in [5, 5.41) is 0. The molecule has 15 heavy (non-hydrogen) atoms. The monoisotopic (exact) mass is 214 g/mol. The van der Waals surface area contributed by atoms with E-state index in [1.165, 1.54) is 0 Å². The molecule has 0 heterocycles. The lowest BCUT2D eigenvalue weighted by Gasteiger charge is -2.32. The molecule has 1 saturated carbocycles. The van der Waals surface area contributed by atoms with Crippen LogP contribution in [0.5, 0.6) is 0 Å². The van der Waals surface area contributed by atoms with Crippen LogP contribution in [0, 0.1) is 5.92 Å². The van der Waals surface area contributed by atoms with Crippen molar-refractivity contribution in [2.45, 2.75) is 57.6 Å². The predicted octanol–water partition coefficient (Wildman–Crippen LogP) is 1.77. The topological polar surface area (TPSA) is 78.3 Å². The minimum absolute atomic E-state index is 0.362. The van der Waals surface area contributed by atoms with Crippen molar-refractivity contribution in [3.05, 3.63) is 0 Å². The summed E-state index contributed by atoms with van der Waals surface area (Å²) >= 11 is 0. The van der Waals surface area contributed by atoms with Gasteiger partial charge < -0.3 is 16.2 Å². The molecule has 0 aromatic rings. The Morgan fingerprint density at radius 3 is 2.33 bits per heavy atom. The Morgan fingerprint density at radius 1 is 1.33 bits per heavy atom. The Bertz CT molecular complexity index is 221. The molecular formula is C11H22N2O2. The van der Waals surface area contributed by atoms with Crippen LogP contribution in [0.25, 0.3) is 0 Å². The summed E-state index contributed by atoms with van der Waals surface area (Å²) < 4.78 is 5.07. The zero-order chi connectivity index (χ0) is 11.5. The average Bonchev–Trinajstić information content (AvgIpc) is 2.06. The van der Waals surface area contributed by atoms with E-state index in [9.17, 15) is 4.79 Å². The molecule has 0 unspecified atom stereocenters. The molecule has 0 bridgehead atoms. The number of hydrogen-bond donors (Lipinski definition) is 2. The van der Waals surface area contributed by atoms with E-state index in [4.69, 9.17) is 16.2 Å². The predicted molar refractivity (Wildman–Crippen MR) is 59.3 cm³/mol. The maximum absolute atomic E-state index is 10.7. The minimum Gasteiger partial charge on any atom is -0.444 e. The number of amides is 1. The molecule has 0 radical (unpaired) electrons. The number of carbonyl (C=O) groups is 1. The summed E-state index contributed by atoms with van der Waals surface area (Å²) in [5.74, 6) is 0.610. The zero-order valence-electron chi connectivity index (χ0n) is 9.66. The summed E-state index contributed by atoms with van der Waals surface area (Å²) in [6.07, 6.45) is 4.61. The van der Waals surface area contributed by atoms with Crippen LogP contribution in [-0.4, -0.2) is 17.7 Å². The molecule has 4 heteroatoms. The summed E-state index contributed by atoms with van der Waals surface area (Å²) in [6.45, 7) is 3.82. The summed E-state index contributed by atoms with van der Waals surface area (Å²) in [5.41, 5.74) is 10.4. The van der Waals surface area contributed by atoms with Crippen molar-refractivity contribution in [3.63, 3.8) is 0 Å². The van der Waals surface area contributed by atoms with E-state index in [2.05, 4.69) is 0 Å². The fourth-order valence-corrected chi connectivity index (χ4v) is 2.40. The highest BCUT2D eigenvalue weighted by Crippen LogP contribution is 2.31. The van der Waals surface area contributed by atoms with Crippen LogP contribution in [0.4, 0.5) is 4.79 Å². The third kappa shape index (κ3) is 4.51. The molecular weight excluding hydrogens is 192 g/mol. The highest BCUT2D eigenvalue weighted by Gasteiger charge is 2.28. The van der Waals surface area contributed by atoms with Gasteiger partial charge in [-0.05, 0) is 51.9 Å². The molecule has 0 aromatic heterocycles. The van der Waals surface area contributed by atoms with Crippen LogP contribution >= 0.6 is 0 Å². The van der Waals surface area contributed by atoms with Crippen molar-refractivity contribution in [1.82, 2.24) is 0 Å². The molecule has 1 aliphatic rings. The van der Waals surface area contributed by atoms with Crippen LogP contribution in [-0.2, 0) is 4.74 Å². The van der Waals surface area contributed by atoms with Crippen LogP contribution in [0.2, 0.25) is 0 Å². The van der Waals surface area contributed by atoms with E-state index in [0.29, 0.717) is 12.0 Å². The van der Waals surface area contributed by atoms with Gasteiger partial charge in [0.05, 0.1) is 0 Å². The lowest BCUT2D eigenvalue weighted by Crippen LogP contribution is -2.35. The number of rotatable bonds is 3. The van der Waals surface area contributed by atoms with Crippen molar-refractivity contribution in [2.24, 2.45) is 17.4 Å². The fourth-order valence-electron chi connectivity index (χ4n) is 2.40. The van der Waals surface area contributed by atoms with Crippen molar-refractivity contribution in [2.75, 3.05) is 0 Å². The van der Waals surface area contributed by atoms with E-state index in [0.717, 1.165) is 32.1 Å². The quantitative estimate of drug-likeness (QED) is 0.751. The maximum atomic E-state index is 10.7. The average molecular weight is 214 g/mol. The van der Waals surface area contributed by atoms with E-state index >= 15 is 0 Å². The van der Waals surface area contributed by atoms with E-state index in [-0.39, 0.29) is 0 Å². The Labute approximate surface area is 91.3 Å². The molecule has 0 spiro atoms. The van der Waals surface area contributed by atoms with Crippen molar-refractivity contribution in [1.29, 1.82) is 0 Å². The van der Waals surface area contributed by atoms with Gasteiger partial charge in [0.2, 0.25) is 0 Å². The number of nitrogens with two attached hydrogens (primary N) is 2. The first-order valence-electron chi connectivity index (χ1n) is 5.63. The first-order chi connectivity index (χ1) is 6.89. The molecule has 88 valence electrons. The summed E-state index contributed by atoms with van der Waals surface area (Å²) in [4.78, 5) is 10.7. The Balaban J connectivity index is 2.36. The highest BCUT2D eigenvalue weighted by molar-refractivity contribution is 5.65. The first kappa shape index (κ1) is 12.3. The molecule has 1 rings (SSSR count). The van der Waals surface area contributed by atoms with Crippen LogP contribution in [0.15, 0.2) is 0 Å². The lowest BCUT2D eigenvalue weighted by molar-refractivity contribution is 0.0213. The standard InChI is InChI=1S/C11H22N2O2/c1-11(2,15-10(13)14)7-8-3-5-9(12)6-4-8/h8-9H,3-7,12H2,1-2H3,(H2,13,14)/t8-,9+. The van der Waals surface area contributed by atoms with Gasteiger partial charge in [-0.25, -0.2) is 4.79 Å². The van der Waals surface area contributed by atoms with Crippen LogP contribution in [0.3, 0.4) is 0 Å². The molecule has 4 N–H and O–H groups in total. The summed E-state index contributed by atoms with van der Waals surface area (Å²) in [6, 6.07) is 0.362. The van der Waals surface area contributed by atoms with Gasteiger partial charge in [-0.2, -0.15) is 0 Å². The second-order valence-electron chi connectivity index (χ2n) is 5.17. The number of primary amides is 1. The third-order valence-corrected chi connectivity index (χ3v) is 3.05. The zero-order valence-corrected chi connectivity index (χ0v) is 9.66. The number of carbonyl (C=O) groups excluding carboxylic acids is 1. The second-order valence-corrected chi connectivity index (χ2v) is 5.17. The Morgan fingerprint density at radius 2 is 1.87 bits per heavy atom. The van der Waals surface area contributed by atoms with Crippen molar-refractivity contribution >= 4 is 6.09 Å². The van der Waals surface area contributed by atoms with Crippen LogP contribution < -0.4 is 11.5 Å². The second kappa shape index (κ2) is 4.84. The first-order valence-corrected chi connectivity index (χ1v) is 5.63. The molecule has 0 aromatic carbocycles. The SMILES string of the molecule is CC(C)(C[C@H]1CC[C@@H](N)CC1)OC(N)=O. The van der Waals surface area contributed by atoms with Crippen LogP contribution in [0.1, 0.15) is 46.0 Å². The third-order valence-electron chi connectivity index (χ3n) is 3.05. The minimum atomic E-state index is -0.687. The van der Waals surface area contributed by atoms with Crippen molar-refractivity contribution in [3.8, 4) is 0 Å². The normalized spacial score (nSPS) is 27.4. The number of hydrogen-bond acceptors (Lipinski definition) is 3. The fraction of sp³-hybridized carbons (Fsp3) is 0.909. The smallest absolute Gasteiger partial charge is 0.405 e. The molecule has 1 amide bonds. The van der Waals surface area contributed by atoms with E-state index < -0.39 is 11.7 Å². The highest BCUT2D eigenvalue weighted by atomic mass is 16.6. The Kier molecular flexibility index (Phi) is 3.97. The number of ether oxygens (including phenoxy) is 1. The molecule has 1 fully saturated rings. The van der Waals surface area contributed by atoms with E-state index in [1.807, 2.05) is 13.8 Å². The van der Waals surface area contributed by atoms with E-state index in [1.54, 1.807) is 0 Å². The van der Waals surface area contributed by atoms with Crippen molar-refractivity contribution < 1.29 is 9.53 Å². The van der Waals surface area contributed by atoms with Gasteiger partial charge >= 0.3 is 6.09 Å². The Hall–Kier alpha value is -0.770. The maximum Gasteiger partial charge on any atom is 0.405 e. The van der Waals surface area contributed by atoms with Gasteiger partial charge in [0, 0.05) is 6.04 Å². The molecule has 0 atom stereocenters. The van der Waals surface area contributed by atoms with Gasteiger partial charge in [-0.1, -0.05) is 0 Å². The lowest BCUT2D eigenvalue weighted by atomic mass is 9.80. The van der Waals surface area contributed by atoms with Gasteiger partial charge in [0.1, 0.15) is 5.60 Å². The van der Waals surface area contributed by atoms with Gasteiger partial charge in [0.15, 0.2) is 0 Å². The molecule has 4 nitrogen and oxygen atoms in total. The van der Waals surface area contributed by atoms with Gasteiger partial charge in [-0.3, -0.25) is 0 Å². The largest absolute Gasteiger partial charge is 0.444 e. The molecule has 0 aliphatic heterocycles.